The van der Waals surface area contributed by atoms with Crippen molar-refractivity contribution in [2.24, 2.45) is 0 Å². The first-order valence-electron chi connectivity index (χ1n) is 7.14. The molecule has 0 spiro atoms. The van der Waals surface area contributed by atoms with Crippen molar-refractivity contribution in [3.63, 3.8) is 0 Å². The summed E-state index contributed by atoms with van der Waals surface area (Å²) in [7, 11) is 0. The van der Waals surface area contributed by atoms with Gasteiger partial charge in [0.05, 0.1) is 11.1 Å². The third-order valence-electron chi connectivity index (χ3n) is 3.99. The van der Waals surface area contributed by atoms with E-state index in [0.29, 0.717) is 0 Å². The fraction of sp³-hybridized carbons (Fsp3) is 0.167. The molecule has 0 saturated heterocycles. The molecule has 0 fully saturated rings. The molecule has 0 unspecified atom stereocenters. The van der Waals surface area contributed by atoms with Crippen molar-refractivity contribution in [1.82, 2.24) is 0 Å². The average molecular weight is 356 g/mol. The van der Waals surface area contributed by atoms with Crippen LogP contribution in [-0.2, 0) is 12.4 Å². The molecule has 0 amide bonds. The molecule has 0 aromatic heterocycles. The van der Waals surface area contributed by atoms with Crippen LogP contribution in [0.25, 0.3) is 21.5 Å². The molecule has 0 bridgehead atoms. The zero-order valence-electron chi connectivity index (χ0n) is 12.7. The van der Waals surface area contributed by atoms with Gasteiger partial charge in [0.25, 0.3) is 0 Å². The Hall–Kier alpha value is -2.57. The Kier molecular flexibility index (Phi) is 3.78. The van der Waals surface area contributed by atoms with Gasteiger partial charge in [-0.1, -0.05) is 12.1 Å². The summed E-state index contributed by atoms with van der Waals surface area (Å²) in [6.45, 7) is 1.25. The summed E-state index contributed by atoms with van der Waals surface area (Å²) in [5.74, 6) is -0.383. The minimum atomic E-state index is -4.64. The molecular formula is C18H10F6O. The molecule has 0 radical (unpaired) electrons. The first kappa shape index (κ1) is 17.3. The summed E-state index contributed by atoms with van der Waals surface area (Å²) in [5, 5.41) is 0.432. The van der Waals surface area contributed by atoms with Crippen LogP contribution >= 0.6 is 0 Å². The molecule has 0 aliphatic heterocycles. The minimum Gasteiger partial charge on any atom is -0.294 e. The van der Waals surface area contributed by atoms with Crippen LogP contribution in [0.4, 0.5) is 26.3 Å². The third-order valence-corrected chi connectivity index (χ3v) is 3.99. The number of ketones is 1. The predicted molar refractivity (Wildman–Crippen MR) is 81.5 cm³/mol. The highest BCUT2D eigenvalue weighted by atomic mass is 19.4. The second-order valence-corrected chi connectivity index (χ2v) is 5.67. The Bertz CT molecular complexity index is 998. The second kappa shape index (κ2) is 5.47. The van der Waals surface area contributed by atoms with Gasteiger partial charge in [-0.05, 0) is 58.8 Å². The Morgan fingerprint density at radius 2 is 1.24 bits per heavy atom. The van der Waals surface area contributed by atoms with Crippen molar-refractivity contribution >= 4 is 27.3 Å². The number of alkyl halides is 6. The fourth-order valence-corrected chi connectivity index (χ4v) is 2.79. The lowest BCUT2D eigenvalue weighted by Gasteiger charge is -2.14. The van der Waals surface area contributed by atoms with Gasteiger partial charge in [-0.3, -0.25) is 4.79 Å². The molecule has 0 saturated carbocycles. The van der Waals surface area contributed by atoms with E-state index in [1.54, 1.807) is 0 Å². The van der Waals surface area contributed by atoms with E-state index in [2.05, 4.69) is 0 Å². The van der Waals surface area contributed by atoms with E-state index in [-0.39, 0.29) is 32.9 Å². The summed E-state index contributed by atoms with van der Waals surface area (Å²) in [4.78, 5) is 11.8. The molecule has 0 N–H and O–H groups in total. The summed E-state index contributed by atoms with van der Waals surface area (Å²) in [5.41, 5.74) is -1.79. The first-order chi connectivity index (χ1) is 11.5. The third kappa shape index (κ3) is 3.06. The molecule has 3 aromatic rings. The van der Waals surface area contributed by atoms with Crippen molar-refractivity contribution in [1.29, 1.82) is 0 Å². The van der Waals surface area contributed by atoms with Gasteiger partial charge in [0.15, 0.2) is 5.78 Å². The van der Waals surface area contributed by atoms with Gasteiger partial charge >= 0.3 is 12.4 Å². The highest BCUT2D eigenvalue weighted by Crippen LogP contribution is 2.38. The molecule has 0 atom stereocenters. The highest BCUT2D eigenvalue weighted by molar-refractivity contribution is 6.17. The Morgan fingerprint density at radius 1 is 0.720 bits per heavy atom. The SMILES string of the molecule is CC(=O)c1cc2ccc(C(F)(F)F)cc2c2cc(C(F)(F)F)ccc12. The summed E-state index contributed by atoms with van der Waals surface area (Å²) < 4.78 is 77.9. The fourth-order valence-electron chi connectivity index (χ4n) is 2.79. The van der Waals surface area contributed by atoms with E-state index in [9.17, 15) is 31.1 Å². The van der Waals surface area contributed by atoms with Gasteiger partial charge in [-0.15, -0.1) is 0 Å². The van der Waals surface area contributed by atoms with Gasteiger partial charge in [-0.25, -0.2) is 0 Å². The summed E-state index contributed by atoms with van der Waals surface area (Å²) >= 11 is 0. The first-order valence-corrected chi connectivity index (χ1v) is 7.14. The van der Waals surface area contributed by atoms with E-state index in [1.807, 2.05) is 0 Å². The Morgan fingerprint density at radius 3 is 1.76 bits per heavy atom. The standard InChI is InChI=1S/C18H10F6O/c1-9(25)14-6-10-2-3-11(17(19,20)21)7-15(10)16-8-12(18(22,23)24)4-5-13(14)16/h2-8H,1H3. The normalized spacial score (nSPS) is 12.8. The molecule has 3 rings (SSSR count). The van der Waals surface area contributed by atoms with Gasteiger partial charge in [0, 0.05) is 5.56 Å². The van der Waals surface area contributed by atoms with E-state index in [1.165, 1.54) is 13.0 Å². The smallest absolute Gasteiger partial charge is 0.294 e. The lowest BCUT2D eigenvalue weighted by atomic mass is 9.93. The van der Waals surface area contributed by atoms with E-state index >= 15 is 0 Å². The second-order valence-electron chi connectivity index (χ2n) is 5.67. The molecular weight excluding hydrogens is 346 g/mol. The van der Waals surface area contributed by atoms with Crippen molar-refractivity contribution < 1.29 is 31.1 Å². The molecule has 130 valence electrons. The molecule has 3 aromatic carbocycles. The predicted octanol–water partition coefficient (Wildman–Crippen LogP) is 6.23. The molecule has 25 heavy (non-hydrogen) atoms. The van der Waals surface area contributed by atoms with E-state index in [0.717, 1.165) is 36.4 Å². The quantitative estimate of drug-likeness (QED) is 0.287. The minimum absolute atomic E-state index is 0.0147. The maximum atomic E-state index is 13.0. The lowest BCUT2D eigenvalue weighted by Crippen LogP contribution is -2.06. The van der Waals surface area contributed by atoms with Crippen LogP contribution in [-0.4, -0.2) is 5.78 Å². The van der Waals surface area contributed by atoms with Gasteiger partial charge in [0.2, 0.25) is 0 Å². The van der Waals surface area contributed by atoms with Crippen LogP contribution in [0.15, 0.2) is 42.5 Å². The number of Topliss-reactive ketones (excluding diaryl/α,β-unsaturated/α-hetero) is 1. The average Bonchev–Trinajstić information content (AvgIpc) is 2.51. The van der Waals surface area contributed by atoms with Crippen LogP contribution < -0.4 is 0 Å². The maximum absolute atomic E-state index is 13.0. The number of hydrogen-bond acceptors (Lipinski definition) is 1. The van der Waals surface area contributed by atoms with E-state index < -0.39 is 23.5 Å². The Labute approximate surface area is 137 Å². The van der Waals surface area contributed by atoms with E-state index in [4.69, 9.17) is 0 Å². The van der Waals surface area contributed by atoms with Crippen LogP contribution in [0.2, 0.25) is 0 Å². The number of rotatable bonds is 1. The number of fused-ring (bicyclic) bond motifs is 3. The number of hydrogen-bond donors (Lipinski definition) is 0. The van der Waals surface area contributed by atoms with Crippen LogP contribution in [0.3, 0.4) is 0 Å². The topological polar surface area (TPSA) is 17.1 Å². The number of carbonyl (C=O) groups excluding carboxylic acids is 1. The van der Waals surface area contributed by atoms with Crippen molar-refractivity contribution in [3.05, 3.63) is 59.2 Å². The number of halogens is 6. The van der Waals surface area contributed by atoms with Gasteiger partial charge in [0.1, 0.15) is 0 Å². The van der Waals surface area contributed by atoms with Crippen molar-refractivity contribution in [2.75, 3.05) is 0 Å². The van der Waals surface area contributed by atoms with Gasteiger partial charge in [-0.2, -0.15) is 26.3 Å². The molecule has 1 nitrogen and oxygen atoms in total. The molecule has 0 aliphatic carbocycles. The summed E-state index contributed by atoms with van der Waals surface area (Å²) in [6.07, 6.45) is -9.27. The molecule has 0 aliphatic rings. The monoisotopic (exact) mass is 356 g/mol. The van der Waals surface area contributed by atoms with Crippen LogP contribution in [0, 0.1) is 0 Å². The largest absolute Gasteiger partial charge is 0.416 e. The van der Waals surface area contributed by atoms with Crippen LogP contribution in [0.5, 0.6) is 0 Å². The van der Waals surface area contributed by atoms with Gasteiger partial charge < -0.3 is 0 Å². The molecule has 7 heteroatoms. The maximum Gasteiger partial charge on any atom is 0.416 e. The van der Waals surface area contributed by atoms with Crippen molar-refractivity contribution in [3.8, 4) is 0 Å². The highest BCUT2D eigenvalue weighted by Gasteiger charge is 2.32. The molecule has 0 heterocycles. The number of benzene rings is 3. The zero-order chi connectivity index (χ0) is 18.6. The van der Waals surface area contributed by atoms with Crippen molar-refractivity contribution in [2.45, 2.75) is 19.3 Å². The number of carbonyl (C=O) groups is 1. The summed E-state index contributed by atoms with van der Waals surface area (Å²) in [6, 6.07) is 6.91. The zero-order valence-corrected chi connectivity index (χ0v) is 12.7. The lowest BCUT2D eigenvalue weighted by molar-refractivity contribution is -0.138. The van der Waals surface area contributed by atoms with Crippen LogP contribution in [0.1, 0.15) is 28.4 Å². The Balaban J connectivity index is 2.47.